The van der Waals surface area contributed by atoms with E-state index in [1.807, 2.05) is 0 Å². The van der Waals surface area contributed by atoms with Crippen molar-refractivity contribution in [3.63, 3.8) is 0 Å². The molecule has 0 saturated heterocycles. The summed E-state index contributed by atoms with van der Waals surface area (Å²) in [5.41, 5.74) is 1.60. The van der Waals surface area contributed by atoms with Crippen molar-refractivity contribution in [2.75, 3.05) is 0 Å². The second-order valence-corrected chi connectivity index (χ2v) is 13.1. The summed E-state index contributed by atoms with van der Waals surface area (Å²) in [6, 6.07) is 0. The minimum absolute atomic E-state index is 0.363. The molecule has 0 spiro atoms. The zero-order valence-electron chi connectivity index (χ0n) is 16.6. The maximum absolute atomic E-state index is 2.51. The predicted octanol–water partition coefficient (Wildman–Crippen LogP) is 6.66. The van der Waals surface area contributed by atoms with E-state index < -0.39 is 0 Å². The molecule has 125 valence electrons. The average Bonchev–Trinajstić information content (AvgIpc) is 2.08. The molecule has 0 aliphatic heterocycles. The summed E-state index contributed by atoms with van der Waals surface area (Å²) in [6.45, 7) is 26.5. The van der Waals surface area contributed by atoms with Crippen molar-refractivity contribution >= 4 is 3.72 Å². The molecule has 0 radical (unpaired) electrons. The first-order chi connectivity index (χ1) is 8.94. The van der Waals surface area contributed by atoms with Crippen LogP contribution in [0.5, 0.6) is 0 Å². The van der Waals surface area contributed by atoms with Gasteiger partial charge in [-0.2, -0.15) is 0 Å². The van der Waals surface area contributed by atoms with Gasteiger partial charge in [0.15, 0.2) is 0 Å². The molecule has 0 rings (SSSR count). The van der Waals surface area contributed by atoms with Crippen LogP contribution in [0.25, 0.3) is 0 Å². The summed E-state index contributed by atoms with van der Waals surface area (Å²) < 4.78 is 1.79. The van der Waals surface area contributed by atoms with E-state index in [2.05, 4.69) is 76.2 Å². The summed E-state index contributed by atoms with van der Waals surface area (Å²) in [5.74, 6) is 0.778. The summed E-state index contributed by atoms with van der Waals surface area (Å²) in [5, 5.41) is 0. The molecule has 0 unspecified atom stereocenters. The van der Waals surface area contributed by atoms with Crippen LogP contribution in [0.1, 0.15) is 95.4 Å². The molecular weight excluding hydrogens is 421 g/mol. The molecule has 0 aliphatic carbocycles. The average molecular weight is 461 g/mol. The van der Waals surface area contributed by atoms with Crippen molar-refractivity contribution < 1.29 is 20.6 Å². The van der Waals surface area contributed by atoms with Gasteiger partial charge in [-0.05, 0) is 0 Å². The van der Waals surface area contributed by atoms with E-state index >= 15 is 0 Å². The molecule has 0 bridgehead atoms. The number of hydrogen-bond donors (Lipinski definition) is 0. The third-order valence-corrected chi connectivity index (χ3v) is 6.82. The molecule has 0 heterocycles. The minimum atomic E-state index is 0.363. The Morgan fingerprint density at radius 2 is 1.00 bits per heavy atom. The van der Waals surface area contributed by atoms with Gasteiger partial charge in [-0.25, -0.2) is 0 Å². The van der Waals surface area contributed by atoms with Crippen LogP contribution in [0.4, 0.5) is 0 Å². The van der Waals surface area contributed by atoms with Crippen LogP contribution in [-0.2, 0) is 20.6 Å². The summed E-state index contributed by atoms with van der Waals surface area (Å²) >= 11 is 1.46. The summed E-state index contributed by atoms with van der Waals surface area (Å²) in [4.78, 5) is 0. The van der Waals surface area contributed by atoms with E-state index in [0.717, 1.165) is 5.92 Å². The van der Waals surface area contributed by atoms with Crippen LogP contribution < -0.4 is 0 Å². The molecule has 0 aromatic carbocycles. The van der Waals surface area contributed by atoms with Gasteiger partial charge in [0.2, 0.25) is 0 Å². The van der Waals surface area contributed by atoms with Crippen LogP contribution in [0.2, 0.25) is 0 Å². The zero-order chi connectivity index (χ0) is 17.3. The monoisotopic (exact) mass is 461 g/mol. The van der Waals surface area contributed by atoms with Crippen molar-refractivity contribution in [2.45, 2.75) is 95.4 Å². The first-order valence-corrected chi connectivity index (χ1v) is 10.1. The Balaban J connectivity index is 5.32. The van der Waals surface area contributed by atoms with E-state index in [4.69, 9.17) is 0 Å². The Morgan fingerprint density at radius 3 is 1.24 bits per heavy atom. The van der Waals surface area contributed by atoms with Gasteiger partial charge in [-0.15, -0.1) is 0 Å². The Hall–Kier alpha value is 0.610. The molecule has 0 aromatic heterocycles. The van der Waals surface area contributed by atoms with Crippen LogP contribution in [0.3, 0.4) is 0 Å². The molecule has 0 fully saturated rings. The van der Waals surface area contributed by atoms with Crippen molar-refractivity contribution in [3.8, 4) is 0 Å². The number of hydrogen-bond acceptors (Lipinski definition) is 0. The summed E-state index contributed by atoms with van der Waals surface area (Å²) in [6.07, 6.45) is 3.92. The molecule has 21 heavy (non-hydrogen) atoms. The van der Waals surface area contributed by atoms with Gasteiger partial charge < -0.3 is 0 Å². The zero-order valence-corrected chi connectivity index (χ0v) is 19.9. The van der Waals surface area contributed by atoms with Crippen molar-refractivity contribution in [1.29, 1.82) is 0 Å². The van der Waals surface area contributed by atoms with Gasteiger partial charge in [-0.3, -0.25) is 0 Å². The Labute approximate surface area is 147 Å². The Bertz CT molecular complexity index is 326. The third kappa shape index (κ3) is 9.36. The molecule has 0 aliphatic rings. The predicted molar refractivity (Wildman–Crippen MR) is 94.5 cm³/mol. The van der Waals surface area contributed by atoms with E-state index in [9.17, 15) is 0 Å². The second-order valence-electron chi connectivity index (χ2n) is 11.1. The third-order valence-electron chi connectivity index (χ3n) is 4.18. The van der Waals surface area contributed by atoms with Gasteiger partial charge in [-0.1, -0.05) is 0 Å². The van der Waals surface area contributed by atoms with Crippen LogP contribution in [0.15, 0.2) is 0 Å². The van der Waals surface area contributed by atoms with E-state index in [1.54, 1.807) is 3.72 Å². The Kier molecular flexibility index (Phi) is 7.22. The van der Waals surface area contributed by atoms with Crippen molar-refractivity contribution in [3.05, 3.63) is 0 Å². The molecule has 0 aromatic rings. The molecule has 0 atom stereocenters. The fraction of sp³-hybridized carbons (Fsp3) is 0.950. The standard InChI is InChI=1S/C20H40.Ta/c1-17(2,3)12-13-20(10,11)16(14-18(4,5)6)15-19(7,8)9;/h16H,12,14-15H2,1-11H3;. The van der Waals surface area contributed by atoms with Gasteiger partial charge in [0.05, 0.1) is 0 Å². The number of rotatable bonds is 5. The first kappa shape index (κ1) is 21.6. The SMILES string of the molecule is CC(C)(C)C[C](=[Ta])C(C)(C)C(CC(C)(C)C)CC(C)(C)C. The van der Waals surface area contributed by atoms with Gasteiger partial charge in [0.25, 0.3) is 0 Å². The van der Waals surface area contributed by atoms with E-state index in [1.165, 1.54) is 39.9 Å². The first-order valence-electron chi connectivity index (χ1n) is 8.49. The van der Waals surface area contributed by atoms with Gasteiger partial charge in [0, 0.05) is 0 Å². The molecule has 0 amide bonds. The molecule has 0 saturated carbocycles. The van der Waals surface area contributed by atoms with Crippen LogP contribution in [0, 0.1) is 27.6 Å². The maximum atomic E-state index is 2.51. The molecule has 1 heteroatoms. The Morgan fingerprint density at radius 1 is 0.667 bits per heavy atom. The second kappa shape index (κ2) is 7.02. The van der Waals surface area contributed by atoms with E-state index in [-0.39, 0.29) is 0 Å². The van der Waals surface area contributed by atoms with E-state index in [0.29, 0.717) is 21.7 Å². The topological polar surface area (TPSA) is 0 Å². The fourth-order valence-corrected chi connectivity index (χ4v) is 5.39. The summed E-state index contributed by atoms with van der Waals surface area (Å²) in [7, 11) is 0. The van der Waals surface area contributed by atoms with Crippen molar-refractivity contribution in [2.24, 2.45) is 27.6 Å². The van der Waals surface area contributed by atoms with Gasteiger partial charge in [0.1, 0.15) is 0 Å². The van der Waals surface area contributed by atoms with Crippen LogP contribution in [-0.4, -0.2) is 3.72 Å². The molecular formula is C20H40Ta. The normalized spacial score (nSPS) is 14.6. The van der Waals surface area contributed by atoms with Crippen molar-refractivity contribution in [1.82, 2.24) is 0 Å². The quantitative estimate of drug-likeness (QED) is 0.430. The van der Waals surface area contributed by atoms with Crippen LogP contribution >= 0.6 is 0 Å². The van der Waals surface area contributed by atoms with Gasteiger partial charge >= 0.3 is 147 Å². The fourth-order valence-electron chi connectivity index (χ4n) is 3.03. The molecule has 0 nitrogen and oxygen atoms in total. The molecule has 0 N–H and O–H groups in total.